The van der Waals surface area contributed by atoms with Gasteiger partial charge in [-0.05, 0) is 12.5 Å². The highest BCUT2D eigenvalue weighted by atomic mass is 32.2. The molecule has 0 saturated carbocycles. The monoisotopic (exact) mass is 414 g/mol. The van der Waals surface area contributed by atoms with Gasteiger partial charge < -0.3 is 10.3 Å². The van der Waals surface area contributed by atoms with Crippen LogP contribution in [0.25, 0.3) is 21.3 Å². The summed E-state index contributed by atoms with van der Waals surface area (Å²) in [6.45, 7) is 2.03. The summed E-state index contributed by atoms with van der Waals surface area (Å²) in [5.41, 5.74) is 2.84. The van der Waals surface area contributed by atoms with Gasteiger partial charge in [0.2, 0.25) is 5.91 Å². The lowest BCUT2D eigenvalue weighted by Gasteiger charge is -2.03. The molecule has 1 amide bonds. The quantitative estimate of drug-likeness (QED) is 0.378. The SMILES string of the molecule is Cc1ccc(-c2csc3nc(SCC(=O)Nc4nccs4)[nH]c(=O)c23)cc1. The zero-order chi connectivity index (χ0) is 18.8. The predicted molar refractivity (Wildman–Crippen MR) is 112 cm³/mol. The minimum atomic E-state index is -0.195. The molecule has 0 radical (unpaired) electrons. The van der Waals surface area contributed by atoms with Gasteiger partial charge in [0.05, 0.1) is 11.1 Å². The number of H-pyrrole nitrogens is 1. The Balaban J connectivity index is 1.55. The minimum Gasteiger partial charge on any atom is -0.301 e. The van der Waals surface area contributed by atoms with Crippen molar-refractivity contribution < 1.29 is 4.79 Å². The number of thioether (sulfide) groups is 1. The van der Waals surface area contributed by atoms with Gasteiger partial charge in [-0.1, -0.05) is 41.6 Å². The third-order valence-electron chi connectivity index (χ3n) is 3.80. The van der Waals surface area contributed by atoms with E-state index in [-0.39, 0.29) is 17.2 Å². The average molecular weight is 415 g/mol. The van der Waals surface area contributed by atoms with Gasteiger partial charge in [-0.15, -0.1) is 22.7 Å². The molecule has 6 nitrogen and oxygen atoms in total. The number of fused-ring (bicyclic) bond motifs is 1. The molecule has 1 aromatic carbocycles. The number of hydrogen-bond acceptors (Lipinski definition) is 7. The van der Waals surface area contributed by atoms with E-state index in [4.69, 9.17) is 0 Å². The maximum Gasteiger partial charge on any atom is 0.260 e. The first-order chi connectivity index (χ1) is 13.1. The minimum absolute atomic E-state index is 0.143. The van der Waals surface area contributed by atoms with Crippen molar-refractivity contribution in [1.29, 1.82) is 0 Å². The van der Waals surface area contributed by atoms with Gasteiger partial charge >= 0.3 is 0 Å². The molecule has 0 unspecified atom stereocenters. The summed E-state index contributed by atoms with van der Waals surface area (Å²) in [7, 11) is 0. The molecule has 0 bridgehead atoms. The normalized spacial score (nSPS) is 11.0. The third kappa shape index (κ3) is 3.95. The molecule has 0 aliphatic heterocycles. The first-order valence-electron chi connectivity index (χ1n) is 8.01. The largest absolute Gasteiger partial charge is 0.301 e. The van der Waals surface area contributed by atoms with Crippen molar-refractivity contribution in [3.63, 3.8) is 0 Å². The van der Waals surface area contributed by atoms with Gasteiger partial charge in [0, 0.05) is 22.5 Å². The maximum absolute atomic E-state index is 12.6. The van der Waals surface area contributed by atoms with Crippen LogP contribution in [0.3, 0.4) is 0 Å². The summed E-state index contributed by atoms with van der Waals surface area (Å²) in [5.74, 6) is -0.0475. The van der Waals surface area contributed by atoms with Crippen molar-refractivity contribution in [2.75, 3.05) is 11.1 Å². The third-order valence-corrected chi connectivity index (χ3v) is 6.24. The predicted octanol–water partition coefficient (Wildman–Crippen LogP) is 4.15. The van der Waals surface area contributed by atoms with E-state index in [1.807, 2.05) is 36.6 Å². The number of thiophene rings is 1. The van der Waals surface area contributed by atoms with E-state index in [0.29, 0.717) is 20.5 Å². The number of nitrogens with zero attached hydrogens (tertiary/aromatic N) is 2. The number of thiazole rings is 1. The Kier molecular flexibility index (Phi) is 5.06. The van der Waals surface area contributed by atoms with Gasteiger partial charge in [0.1, 0.15) is 4.83 Å². The zero-order valence-electron chi connectivity index (χ0n) is 14.2. The number of aromatic nitrogens is 3. The molecule has 3 heterocycles. The summed E-state index contributed by atoms with van der Waals surface area (Å²) in [6, 6.07) is 8.04. The van der Waals surface area contributed by atoms with E-state index in [0.717, 1.165) is 11.1 Å². The molecule has 0 aliphatic rings. The molecule has 4 rings (SSSR count). The van der Waals surface area contributed by atoms with Crippen LogP contribution >= 0.6 is 34.4 Å². The summed E-state index contributed by atoms with van der Waals surface area (Å²) >= 11 is 3.97. The molecule has 0 spiro atoms. The average Bonchev–Trinajstić information content (AvgIpc) is 3.30. The van der Waals surface area contributed by atoms with Crippen molar-refractivity contribution in [2.24, 2.45) is 0 Å². The van der Waals surface area contributed by atoms with Gasteiger partial charge in [-0.3, -0.25) is 9.59 Å². The van der Waals surface area contributed by atoms with E-state index in [9.17, 15) is 9.59 Å². The fourth-order valence-electron chi connectivity index (χ4n) is 2.52. The first kappa shape index (κ1) is 17.9. The molecule has 27 heavy (non-hydrogen) atoms. The highest BCUT2D eigenvalue weighted by Gasteiger charge is 2.14. The standard InChI is InChI=1S/C18H14N4O2S3/c1-10-2-4-11(5-3-10)12-8-26-16-14(12)15(24)21-18(22-16)27-9-13(23)20-17-19-6-7-25-17/h2-8H,9H2,1H3,(H,19,20,23)(H,21,22,24). The Morgan fingerprint density at radius 2 is 2.07 bits per heavy atom. The summed E-state index contributed by atoms with van der Waals surface area (Å²) in [5, 5.41) is 8.01. The topological polar surface area (TPSA) is 87.7 Å². The van der Waals surface area contributed by atoms with Crippen LogP contribution in [-0.4, -0.2) is 26.6 Å². The van der Waals surface area contributed by atoms with Crippen molar-refractivity contribution in [2.45, 2.75) is 12.1 Å². The van der Waals surface area contributed by atoms with E-state index >= 15 is 0 Å². The number of nitrogens with one attached hydrogen (secondary N) is 2. The number of amides is 1. The molecular weight excluding hydrogens is 400 g/mol. The Labute approximate surface area is 166 Å². The molecule has 0 fully saturated rings. The Morgan fingerprint density at radius 1 is 1.26 bits per heavy atom. The van der Waals surface area contributed by atoms with Crippen LogP contribution in [0.2, 0.25) is 0 Å². The highest BCUT2D eigenvalue weighted by Crippen LogP contribution is 2.31. The van der Waals surface area contributed by atoms with Crippen LogP contribution in [0.4, 0.5) is 5.13 Å². The molecule has 136 valence electrons. The number of carbonyl (C=O) groups excluding carboxylic acids is 1. The molecule has 9 heteroatoms. The van der Waals surface area contributed by atoms with Crippen molar-refractivity contribution in [1.82, 2.24) is 15.0 Å². The van der Waals surface area contributed by atoms with Gasteiger partial charge in [0.15, 0.2) is 10.3 Å². The van der Waals surface area contributed by atoms with Crippen molar-refractivity contribution in [3.8, 4) is 11.1 Å². The lowest BCUT2D eigenvalue weighted by Crippen LogP contribution is -2.15. The number of hydrogen-bond donors (Lipinski definition) is 2. The Bertz CT molecular complexity index is 1150. The van der Waals surface area contributed by atoms with Crippen LogP contribution in [-0.2, 0) is 4.79 Å². The maximum atomic E-state index is 12.6. The molecule has 4 aromatic rings. The zero-order valence-corrected chi connectivity index (χ0v) is 16.6. The van der Waals surface area contributed by atoms with Crippen LogP contribution in [0.15, 0.2) is 51.2 Å². The second-order valence-electron chi connectivity index (χ2n) is 5.74. The number of carbonyl (C=O) groups is 1. The van der Waals surface area contributed by atoms with Gasteiger partial charge in [0.25, 0.3) is 5.56 Å². The Morgan fingerprint density at radius 3 is 2.81 bits per heavy atom. The number of anilines is 1. The molecule has 2 N–H and O–H groups in total. The summed E-state index contributed by atoms with van der Waals surface area (Å²) < 4.78 is 0. The van der Waals surface area contributed by atoms with Crippen LogP contribution < -0.4 is 10.9 Å². The first-order valence-corrected chi connectivity index (χ1v) is 10.8. The van der Waals surface area contributed by atoms with E-state index < -0.39 is 0 Å². The van der Waals surface area contributed by atoms with Crippen LogP contribution in [0, 0.1) is 6.92 Å². The fraction of sp³-hybridized carbons (Fsp3) is 0.111. The summed E-state index contributed by atoms with van der Waals surface area (Å²) in [6.07, 6.45) is 1.63. The molecule has 0 saturated heterocycles. The molecule has 0 atom stereocenters. The number of aromatic amines is 1. The van der Waals surface area contributed by atoms with E-state index in [2.05, 4.69) is 20.3 Å². The number of benzene rings is 1. The summed E-state index contributed by atoms with van der Waals surface area (Å²) in [4.78, 5) is 36.5. The number of aryl methyl sites for hydroxylation is 1. The smallest absolute Gasteiger partial charge is 0.260 e. The van der Waals surface area contributed by atoms with Crippen molar-refractivity contribution in [3.05, 3.63) is 57.1 Å². The van der Waals surface area contributed by atoms with Crippen LogP contribution in [0.5, 0.6) is 0 Å². The Hall–Kier alpha value is -2.49. The lowest BCUT2D eigenvalue weighted by atomic mass is 10.1. The van der Waals surface area contributed by atoms with Crippen molar-refractivity contribution >= 4 is 55.7 Å². The van der Waals surface area contributed by atoms with Gasteiger partial charge in [-0.2, -0.15) is 0 Å². The van der Waals surface area contributed by atoms with E-state index in [1.165, 1.54) is 40.0 Å². The second kappa shape index (κ2) is 7.63. The molecule has 3 aromatic heterocycles. The van der Waals surface area contributed by atoms with E-state index in [1.54, 1.807) is 11.6 Å². The number of rotatable bonds is 5. The van der Waals surface area contributed by atoms with Gasteiger partial charge in [-0.25, -0.2) is 9.97 Å². The highest BCUT2D eigenvalue weighted by molar-refractivity contribution is 7.99. The fourth-order valence-corrected chi connectivity index (χ4v) is 4.73. The second-order valence-corrected chi connectivity index (χ2v) is 8.46. The molecular formula is C18H14N4O2S3. The molecule has 0 aliphatic carbocycles. The van der Waals surface area contributed by atoms with Crippen LogP contribution in [0.1, 0.15) is 5.56 Å². The lowest BCUT2D eigenvalue weighted by molar-refractivity contribution is -0.113.